The van der Waals surface area contributed by atoms with E-state index in [-0.39, 0.29) is 11.5 Å². The Morgan fingerprint density at radius 3 is 2.48 bits per heavy atom. The van der Waals surface area contributed by atoms with Crippen LogP contribution in [-0.2, 0) is 17.8 Å². The van der Waals surface area contributed by atoms with Gasteiger partial charge in [-0.15, -0.1) is 0 Å². The Bertz CT molecular complexity index is 1080. The minimum absolute atomic E-state index is 0.171. The van der Waals surface area contributed by atoms with Crippen LogP contribution in [0.1, 0.15) is 16.7 Å². The van der Waals surface area contributed by atoms with E-state index in [0.717, 1.165) is 34.1 Å². The highest BCUT2D eigenvalue weighted by Crippen LogP contribution is 2.23. The summed E-state index contributed by atoms with van der Waals surface area (Å²) in [4.78, 5) is 28.8. The Hall–Kier alpha value is -2.44. The predicted molar refractivity (Wildman–Crippen MR) is 117 cm³/mol. The van der Waals surface area contributed by atoms with Crippen LogP contribution in [-0.4, -0.2) is 41.9 Å². The SMILES string of the molecule is Cc1ccc(CC(=O)N2CCN(Cc3cc(=O)oc4cc(Br)ccc34)CC2)cc1. The summed E-state index contributed by atoms with van der Waals surface area (Å²) in [7, 11) is 0. The highest BCUT2D eigenvalue weighted by atomic mass is 79.9. The van der Waals surface area contributed by atoms with Crippen molar-refractivity contribution in [3.05, 3.63) is 80.1 Å². The molecule has 0 N–H and O–H groups in total. The molecule has 150 valence electrons. The van der Waals surface area contributed by atoms with Crippen molar-refractivity contribution >= 4 is 32.8 Å². The molecule has 1 aromatic heterocycles. The molecule has 4 rings (SSSR count). The zero-order valence-electron chi connectivity index (χ0n) is 16.4. The van der Waals surface area contributed by atoms with Crippen molar-refractivity contribution in [1.29, 1.82) is 0 Å². The molecular weight excluding hydrogens is 432 g/mol. The molecule has 0 unspecified atom stereocenters. The first-order valence-corrected chi connectivity index (χ1v) is 10.6. The Labute approximate surface area is 178 Å². The lowest BCUT2D eigenvalue weighted by atomic mass is 10.1. The van der Waals surface area contributed by atoms with Gasteiger partial charge in [0.1, 0.15) is 5.58 Å². The molecule has 5 nitrogen and oxygen atoms in total. The fourth-order valence-corrected chi connectivity index (χ4v) is 4.06. The van der Waals surface area contributed by atoms with Crippen molar-refractivity contribution < 1.29 is 9.21 Å². The second-order valence-electron chi connectivity index (χ2n) is 7.55. The number of fused-ring (bicyclic) bond motifs is 1. The first-order valence-electron chi connectivity index (χ1n) is 9.76. The van der Waals surface area contributed by atoms with Crippen LogP contribution >= 0.6 is 15.9 Å². The molecule has 1 saturated heterocycles. The summed E-state index contributed by atoms with van der Waals surface area (Å²) in [6, 6.07) is 15.4. The molecule has 1 amide bonds. The maximum Gasteiger partial charge on any atom is 0.336 e. The van der Waals surface area contributed by atoms with E-state index in [9.17, 15) is 9.59 Å². The van der Waals surface area contributed by atoms with Crippen LogP contribution < -0.4 is 5.63 Å². The molecule has 0 bridgehead atoms. The smallest absolute Gasteiger partial charge is 0.336 e. The monoisotopic (exact) mass is 454 g/mol. The van der Waals surface area contributed by atoms with Crippen LogP contribution in [0.2, 0.25) is 0 Å². The maximum atomic E-state index is 12.6. The fourth-order valence-electron chi connectivity index (χ4n) is 3.72. The number of carbonyl (C=O) groups excluding carboxylic acids is 1. The van der Waals surface area contributed by atoms with Crippen LogP contribution in [0.15, 0.2) is 62.2 Å². The molecule has 29 heavy (non-hydrogen) atoms. The van der Waals surface area contributed by atoms with Gasteiger partial charge in [-0.3, -0.25) is 9.69 Å². The molecule has 1 aliphatic rings. The topological polar surface area (TPSA) is 53.8 Å². The molecule has 0 spiro atoms. The number of aryl methyl sites for hydroxylation is 1. The van der Waals surface area contributed by atoms with Gasteiger partial charge in [0.2, 0.25) is 5.91 Å². The average molecular weight is 455 g/mol. The molecule has 0 radical (unpaired) electrons. The zero-order chi connectivity index (χ0) is 20.4. The van der Waals surface area contributed by atoms with Gasteiger partial charge in [0.05, 0.1) is 6.42 Å². The van der Waals surface area contributed by atoms with Gasteiger partial charge in [-0.1, -0.05) is 45.8 Å². The number of carbonyl (C=O) groups is 1. The number of hydrogen-bond acceptors (Lipinski definition) is 4. The van der Waals surface area contributed by atoms with Gasteiger partial charge >= 0.3 is 5.63 Å². The second-order valence-corrected chi connectivity index (χ2v) is 8.47. The van der Waals surface area contributed by atoms with Gasteiger partial charge in [0.25, 0.3) is 0 Å². The summed E-state index contributed by atoms with van der Waals surface area (Å²) in [6.45, 7) is 5.70. The van der Waals surface area contributed by atoms with E-state index in [0.29, 0.717) is 31.6 Å². The summed E-state index contributed by atoms with van der Waals surface area (Å²) in [6.07, 6.45) is 0.444. The van der Waals surface area contributed by atoms with Crippen molar-refractivity contribution in [3.63, 3.8) is 0 Å². The first kappa shape index (κ1) is 19.9. The second kappa shape index (κ2) is 8.51. The number of amides is 1. The van der Waals surface area contributed by atoms with Crippen molar-refractivity contribution in [1.82, 2.24) is 9.80 Å². The van der Waals surface area contributed by atoms with Gasteiger partial charge in [-0.05, 0) is 36.2 Å². The lowest BCUT2D eigenvalue weighted by Gasteiger charge is -2.35. The van der Waals surface area contributed by atoms with Gasteiger partial charge in [0.15, 0.2) is 0 Å². The van der Waals surface area contributed by atoms with Crippen LogP contribution in [0.4, 0.5) is 0 Å². The molecule has 0 atom stereocenters. The first-order chi connectivity index (χ1) is 14.0. The third kappa shape index (κ3) is 4.77. The predicted octanol–water partition coefficient (Wildman–Crippen LogP) is 3.75. The van der Waals surface area contributed by atoms with Crippen LogP contribution in [0, 0.1) is 6.92 Å². The van der Waals surface area contributed by atoms with E-state index in [4.69, 9.17) is 4.42 Å². The van der Waals surface area contributed by atoms with Crippen molar-refractivity contribution in [2.24, 2.45) is 0 Å². The molecule has 2 heterocycles. The third-order valence-corrected chi connectivity index (χ3v) is 5.88. The molecule has 6 heteroatoms. The van der Waals surface area contributed by atoms with Crippen LogP contribution in [0.5, 0.6) is 0 Å². The number of nitrogens with zero attached hydrogens (tertiary/aromatic N) is 2. The summed E-state index contributed by atoms with van der Waals surface area (Å²) in [5, 5.41) is 0.950. The van der Waals surface area contributed by atoms with Crippen LogP contribution in [0.25, 0.3) is 11.0 Å². The molecule has 3 aromatic rings. The standard InChI is InChI=1S/C23H23BrN2O3/c1-16-2-4-17(5-3-16)12-22(27)26-10-8-25(9-11-26)15-18-13-23(28)29-21-14-19(24)6-7-20(18)21/h2-7,13-14H,8-12,15H2,1H3. The Morgan fingerprint density at radius 1 is 1.03 bits per heavy atom. The molecular formula is C23H23BrN2O3. The summed E-state index contributed by atoms with van der Waals surface area (Å²) in [5.74, 6) is 0.171. The minimum Gasteiger partial charge on any atom is -0.423 e. The maximum absolute atomic E-state index is 12.6. The molecule has 1 aliphatic heterocycles. The Morgan fingerprint density at radius 2 is 1.76 bits per heavy atom. The van der Waals surface area contributed by atoms with E-state index in [1.807, 2.05) is 54.3 Å². The summed E-state index contributed by atoms with van der Waals surface area (Å²) in [5.41, 5.74) is 3.47. The largest absolute Gasteiger partial charge is 0.423 e. The van der Waals surface area contributed by atoms with E-state index < -0.39 is 0 Å². The van der Waals surface area contributed by atoms with Gasteiger partial charge in [-0.2, -0.15) is 0 Å². The molecule has 2 aromatic carbocycles. The van der Waals surface area contributed by atoms with E-state index >= 15 is 0 Å². The van der Waals surface area contributed by atoms with E-state index in [1.165, 1.54) is 5.56 Å². The lowest BCUT2D eigenvalue weighted by Crippen LogP contribution is -2.48. The normalized spacial score (nSPS) is 15.0. The number of rotatable bonds is 4. The third-order valence-electron chi connectivity index (χ3n) is 5.39. The van der Waals surface area contributed by atoms with Crippen molar-refractivity contribution in [2.45, 2.75) is 19.9 Å². The highest BCUT2D eigenvalue weighted by Gasteiger charge is 2.22. The van der Waals surface area contributed by atoms with Crippen LogP contribution in [0.3, 0.4) is 0 Å². The Balaban J connectivity index is 1.39. The molecule has 0 aliphatic carbocycles. The summed E-state index contributed by atoms with van der Waals surface area (Å²) < 4.78 is 6.21. The minimum atomic E-state index is -0.336. The summed E-state index contributed by atoms with van der Waals surface area (Å²) >= 11 is 3.42. The Kier molecular flexibility index (Phi) is 5.83. The fraction of sp³-hybridized carbons (Fsp3) is 0.304. The molecule has 0 saturated carbocycles. The van der Waals surface area contributed by atoms with Crippen molar-refractivity contribution in [2.75, 3.05) is 26.2 Å². The number of hydrogen-bond donors (Lipinski definition) is 0. The zero-order valence-corrected chi connectivity index (χ0v) is 17.9. The highest BCUT2D eigenvalue weighted by molar-refractivity contribution is 9.10. The lowest BCUT2D eigenvalue weighted by molar-refractivity contribution is -0.132. The molecule has 1 fully saturated rings. The van der Waals surface area contributed by atoms with Gasteiger partial charge in [0, 0.05) is 48.6 Å². The van der Waals surface area contributed by atoms with E-state index in [1.54, 1.807) is 6.07 Å². The quantitative estimate of drug-likeness (QED) is 0.563. The average Bonchev–Trinajstić information content (AvgIpc) is 2.69. The van der Waals surface area contributed by atoms with Crippen molar-refractivity contribution in [3.8, 4) is 0 Å². The van der Waals surface area contributed by atoms with Gasteiger partial charge < -0.3 is 9.32 Å². The number of benzene rings is 2. The number of halogens is 1. The van der Waals surface area contributed by atoms with E-state index in [2.05, 4.69) is 20.8 Å². The van der Waals surface area contributed by atoms with Gasteiger partial charge in [-0.25, -0.2) is 4.79 Å². The number of piperazine rings is 1.